The van der Waals surface area contributed by atoms with E-state index in [1.54, 1.807) is 16.4 Å². The Labute approximate surface area is 182 Å². The minimum absolute atomic E-state index is 0.0562. The molecular formula is C22H22N4O4S. The molecule has 3 N–H and O–H groups in total. The van der Waals surface area contributed by atoms with Crippen LogP contribution < -0.4 is 10.8 Å². The van der Waals surface area contributed by atoms with E-state index in [-0.39, 0.29) is 17.7 Å². The summed E-state index contributed by atoms with van der Waals surface area (Å²) in [5.74, 6) is -0.419. The second-order valence-corrected chi connectivity index (χ2v) is 9.24. The molecule has 1 aliphatic carbocycles. The topological polar surface area (TPSA) is 104 Å². The predicted octanol–water partition coefficient (Wildman–Crippen LogP) is 2.91. The van der Waals surface area contributed by atoms with Crippen LogP contribution in [0.3, 0.4) is 0 Å². The van der Waals surface area contributed by atoms with Crippen LogP contribution in [0.25, 0.3) is 10.9 Å². The van der Waals surface area contributed by atoms with Gasteiger partial charge in [-0.1, -0.05) is 0 Å². The Morgan fingerprint density at radius 1 is 1.16 bits per heavy atom. The number of benzene rings is 1. The standard InChI is InChI=1S/C22H22N4O4S/c1-25-16-5-4-15(23-20(27)12-2-3-12)8-13(16)9-17(25)22(29)26-7-6-18-14(11-26)10-19(31-18)21(28)24-30/h4-5,8-10,12,30H,2-3,6-7,11H2,1H3,(H,23,27)(H,24,28). The summed E-state index contributed by atoms with van der Waals surface area (Å²) in [6, 6.07) is 9.28. The molecule has 8 nitrogen and oxygen atoms in total. The summed E-state index contributed by atoms with van der Waals surface area (Å²) in [6.07, 6.45) is 2.57. The quantitative estimate of drug-likeness (QED) is 0.430. The zero-order chi connectivity index (χ0) is 21.7. The first kappa shape index (κ1) is 19.8. The molecular weight excluding hydrogens is 416 g/mol. The van der Waals surface area contributed by atoms with Crippen molar-refractivity contribution in [3.63, 3.8) is 0 Å². The lowest BCUT2D eigenvalue weighted by atomic mass is 10.1. The van der Waals surface area contributed by atoms with Gasteiger partial charge in [0.25, 0.3) is 11.8 Å². The van der Waals surface area contributed by atoms with E-state index in [1.807, 2.05) is 35.9 Å². The van der Waals surface area contributed by atoms with Crippen LogP contribution in [0, 0.1) is 5.92 Å². The number of hydrogen-bond acceptors (Lipinski definition) is 5. The van der Waals surface area contributed by atoms with Crippen molar-refractivity contribution in [1.82, 2.24) is 14.9 Å². The van der Waals surface area contributed by atoms with E-state index in [0.29, 0.717) is 30.1 Å². The Bertz CT molecular complexity index is 1220. The van der Waals surface area contributed by atoms with Crippen molar-refractivity contribution in [1.29, 1.82) is 0 Å². The highest BCUT2D eigenvalue weighted by Gasteiger charge is 2.30. The first-order valence-electron chi connectivity index (χ1n) is 10.2. The van der Waals surface area contributed by atoms with Gasteiger partial charge < -0.3 is 14.8 Å². The molecule has 1 fully saturated rings. The van der Waals surface area contributed by atoms with Gasteiger partial charge in [0, 0.05) is 47.5 Å². The molecule has 1 aliphatic heterocycles. The minimum Gasteiger partial charge on any atom is -0.340 e. The van der Waals surface area contributed by atoms with Crippen molar-refractivity contribution in [3.8, 4) is 0 Å². The second kappa shape index (κ2) is 7.51. The van der Waals surface area contributed by atoms with Crippen molar-refractivity contribution in [2.24, 2.45) is 13.0 Å². The van der Waals surface area contributed by atoms with Crippen LogP contribution in [0.15, 0.2) is 30.3 Å². The second-order valence-electron chi connectivity index (χ2n) is 8.10. The molecule has 3 heterocycles. The predicted molar refractivity (Wildman–Crippen MR) is 116 cm³/mol. The summed E-state index contributed by atoms with van der Waals surface area (Å²) in [5, 5.41) is 12.7. The van der Waals surface area contributed by atoms with Gasteiger partial charge in [-0.25, -0.2) is 5.48 Å². The Hall–Kier alpha value is -3.17. The fraction of sp³-hybridized carbons (Fsp3) is 0.318. The number of rotatable bonds is 4. The molecule has 0 spiro atoms. The maximum Gasteiger partial charge on any atom is 0.284 e. The van der Waals surface area contributed by atoms with Gasteiger partial charge in [0.05, 0.1) is 4.88 Å². The fourth-order valence-corrected chi connectivity index (χ4v) is 5.11. The van der Waals surface area contributed by atoms with E-state index < -0.39 is 5.91 Å². The van der Waals surface area contributed by atoms with Crippen LogP contribution in [-0.2, 0) is 24.8 Å². The maximum atomic E-state index is 13.3. The smallest absolute Gasteiger partial charge is 0.284 e. The zero-order valence-corrected chi connectivity index (χ0v) is 17.8. The number of nitrogens with zero attached hydrogens (tertiary/aromatic N) is 2. The van der Waals surface area contributed by atoms with Crippen LogP contribution in [0.5, 0.6) is 0 Å². The monoisotopic (exact) mass is 438 g/mol. The third-order valence-electron chi connectivity index (χ3n) is 5.96. The highest BCUT2D eigenvalue weighted by Crippen LogP contribution is 2.32. The summed E-state index contributed by atoms with van der Waals surface area (Å²) in [4.78, 5) is 40.3. The number of hydrogen-bond donors (Lipinski definition) is 3. The van der Waals surface area contributed by atoms with E-state index >= 15 is 0 Å². The molecule has 5 rings (SSSR count). The summed E-state index contributed by atoms with van der Waals surface area (Å²) in [6.45, 7) is 0.990. The molecule has 3 amide bonds. The molecule has 3 aromatic rings. The molecule has 0 unspecified atom stereocenters. The number of carbonyl (C=O) groups excluding carboxylic acids is 3. The average molecular weight is 439 g/mol. The number of carbonyl (C=O) groups is 3. The molecule has 1 saturated carbocycles. The third kappa shape index (κ3) is 3.60. The third-order valence-corrected chi connectivity index (χ3v) is 7.19. The lowest BCUT2D eigenvalue weighted by Gasteiger charge is -2.27. The number of anilines is 1. The van der Waals surface area contributed by atoms with Crippen molar-refractivity contribution < 1.29 is 19.6 Å². The van der Waals surface area contributed by atoms with Gasteiger partial charge in [-0.05, 0) is 55.2 Å². The van der Waals surface area contributed by atoms with Gasteiger partial charge in [0.2, 0.25) is 5.91 Å². The number of thiophene rings is 1. The van der Waals surface area contributed by atoms with E-state index in [0.717, 1.165) is 39.9 Å². The number of hydroxylamine groups is 1. The Morgan fingerprint density at radius 3 is 2.71 bits per heavy atom. The number of aryl methyl sites for hydroxylation is 1. The molecule has 0 saturated heterocycles. The lowest BCUT2D eigenvalue weighted by Crippen LogP contribution is -2.36. The average Bonchev–Trinajstić information content (AvgIpc) is 3.46. The Balaban J connectivity index is 1.38. The molecule has 0 radical (unpaired) electrons. The van der Waals surface area contributed by atoms with Crippen molar-refractivity contribution in [2.75, 3.05) is 11.9 Å². The highest BCUT2D eigenvalue weighted by molar-refractivity contribution is 7.14. The van der Waals surface area contributed by atoms with Gasteiger partial charge >= 0.3 is 0 Å². The molecule has 0 atom stereocenters. The van der Waals surface area contributed by atoms with E-state index in [2.05, 4.69) is 5.32 Å². The van der Waals surface area contributed by atoms with Gasteiger partial charge in [-0.2, -0.15) is 0 Å². The molecule has 2 aromatic heterocycles. The summed E-state index contributed by atoms with van der Waals surface area (Å²) >= 11 is 1.35. The molecule has 160 valence electrons. The minimum atomic E-state index is -0.532. The van der Waals surface area contributed by atoms with Crippen LogP contribution in [0.4, 0.5) is 5.69 Å². The molecule has 1 aromatic carbocycles. The fourth-order valence-electron chi connectivity index (χ4n) is 4.06. The van der Waals surface area contributed by atoms with E-state index in [4.69, 9.17) is 5.21 Å². The zero-order valence-electron chi connectivity index (χ0n) is 17.0. The number of nitrogens with one attached hydrogen (secondary N) is 2. The van der Waals surface area contributed by atoms with Crippen LogP contribution in [0.1, 0.15) is 43.4 Å². The largest absolute Gasteiger partial charge is 0.340 e. The summed E-state index contributed by atoms with van der Waals surface area (Å²) in [7, 11) is 1.86. The van der Waals surface area contributed by atoms with Crippen molar-refractivity contribution in [2.45, 2.75) is 25.8 Å². The first-order chi connectivity index (χ1) is 14.9. The first-order valence-corrected chi connectivity index (χ1v) is 11.0. The van der Waals surface area contributed by atoms with Gasteiger partial charge in [-0.3, -0.25) is 19.6 Å². The molecule has 0 bridgehead atoms. The van der Waals surface area contributed by atoms with Crippen molar-refractivity contribution in [3.05, 3.63) is 51.3 Å². The molecule has 31 heavy (non-hydrogen) atoms. The van der Waals surface area contributed by atoms with Gasteiger partial charge in [0.15, 0.2) is 0 Å². The molecule has 2 aliphatic rings. The highest BCUT2D eigenvalue weighted by atomic mass is 32.1. The lowest BCUT2D eigenvalue weighted by molar-refractivity contribution is -0.117. The normalized spacial score (nSPS) is 15.6. The summed E-state index contributed by atoms with van der Waals surface area (Å²) in [5.41, 5.74) is 4.83. The van der Waals surface area contributed by atoms with Gasteiger partial charge in [0.1, 0.15) is 5.69 Å². The SMILES string of the molecule is Cn1c(C(=O)N2CCc3sc(C(=O)NO)cc3C2)cc2cc(NC(=O)C3CC3)ccc21. The number of fused-ring (bicyclic) bond motifs is 2. The number of aromatic nitrogens is 1. The Morgan fingerprint density at radius 2 is 1.97 bits per heavy atom. The van der Waals surface area contributed by atoms with Crippen molar-refractivity contribution >= 4 is 45.6 Å². The number of amides is 3. The van der Waals surface area contributed by atoms with E-state index in [1.165, 1.54) is 11.3 Å². The van der Waals surface area contributed by atoms with Crippen LogP contribution >= 0.6 is 11.3 Å². The maximum absolute atomic E-state index is 13.3. The van der Waals surface area contributed by atoms with Crippen LogP contribution in [0.2, 0.25) is 0 Å². The van der Waals surface area contributed by atoms with Crippen LogP contribution in [-0.4, -0.2) is 38.9 Å². The Kier molecular flexibility index (Phi) is 4.79. The molecule has 9 heteroatoms. The summed E-state index contributed by atoms with van der Waals surface area (Å²) < 4.78 is 1.87. The van der Waals surface area contributed by atoms with Gasteiger partial charge in [-0.15, -0.1) is 11.3 Å². The van der Waals surface area contributed by atoms with E-state index in [9.17, 15) is 14.4 Å².